The highest BCUT2D eigenvalue weighted by Crippen LogP contribution is 2.42. The average Bonchev–Trinajstić information content (AvgIpc) is 2.95. The van der Waals surface area contributed by atoms with Gasteiger partial charge in [-0.1, -0.05) is 72.8 Å². The van der Waals surface area contributed by atoms with Gasteiger partial charge >= 0.3 is 0 Å². The number of hydrogen-bond donors (Lipinski definition) is 1. The van der Waals surface area contributed by atoms with Crippen LogP contribution in [0.1, 0.15) is 33.2 Å². The monoisotopic (exact) mass is 522 g/mol. The number of nitro benzene ring substituents is 1. The number of benzene rings is 4. The SMILES string of the molecule is NC(=O)COc1ccc([C@H]2N(Cc3ccccc3)C(=O)c3cc([N+](=O)[O-])ccc3N2Cc2ccccc2)cc1. The van der Waals surface area contributed by atoms with Crippen molar-refractivity contribution in [3.05, 3.63) is 135 Å². The molecule has 0 saturated carbocycles. The molecule has 0 bridgehead atoms. The van der Waals surface area contributed by atoms with Crippen molar-refractivity contribution in [1.29, 1.82) is 0 Å². The summed E-state index contributed by atoms with van der Waals surface area (Å²) < 4.78 is 5.44. The summed E-state index contributed by atoms with van der Waals surface area (Å²) in [6.07, 6.45) is -0.531. The van der Waals surface area contributed by atoms with E-state index < -0.39 is 17.0 Å². The molecule has 39 heavy (non-hydrogen) atoms. The molecule has 196 valence electrons. The summed E-state index contributed by atoms with van der Waals surface area (Å²) in [7, 11) is 0. The van der Waals surface area contributed by atoms with Crippen molar-refractivity contribution in [3.63, 3.8) is 0 Å². The number of nitrogens with zero attached hydrogens (tertiary/aromatic N) is 3. The molecule has 1 heterocycles. The molecule has 0 saturated heterocycles. The third kappa shape index (κ3) is 5.57. The molecule has 4 aromatic carbocycles. The number of primary amides is 1. The van der Waals surface area contributed by atoms with Gasteiger partial charge in [0.1, 0.15) is 11.9 Å². The molecule has 0 aromatic heterocycles. The number of non-ortho nitro benzene ring substituents is 1. The number of hydrogen-bond acceptors (Lipinski definition) is 6. The molecule has 0 radical (unpaired) electrons. The Hall–Kier alpha value is -5.18. The Morgan fingerprint density at radius 2 is 1.44 bits per heavy atom. The van der Waals surface area contributed by atoms with Crippen molar-refractivity contribution in [2.24, 2.45) is 5.73 Å². The minimum atomic E-state index is -0.578. The molecular weight excluding hydrogens is 496 g/mol. The van der Waals surface area contributed by atoms with Gasteiger partial charge in [-0.3, -0.25) is 19.7 Å². The molecule has 2 N–H and O–H groups in total. The molecule has 1 aliphatic rings. The molecule has 9 nitrogen and oxygen atoms in total. The number of fused-ring (bicyclic) bond motifs is 1. The van der Waals surface area contributed by atoms with E-state index in [1.165, 1.54) is 12.1 Å². The van der Waals surface area contributed by atoms with Crippen molar-refractivity contribution in [2.75, 3.05) is 11.5 Å². The quantitative estimate of drug-likeness (QED) is 0.249. The van der Waals surface area contributed by atoms with Gasteiger partial charge < -0.3 is 20.3 Å². The second kappa shape index (κ2) is 11.1. The van der Waals surface area contributed by atoms with E-state index in [4.69, 9.17) is 10.5 Å². The van der Waals surface area contributed by atoms with Crippen LogP contribution in [-0.4, -0.2) is 28.2 Å². The standard InChI is InChI=1S/C30H26N4O5/c31-28(35)20-39-25-14-11-23(12-15-25)29-32(18-21-7-3-1-4-8-21)27-16-13-24(34(37)38)17-26(27)30(36)33(29)19-22-9-5-2-6-10-22/h1-17,29H,18-20H2,(H2,31,35)/t29-/m1/s1. The van der Waals surface area contributed by atoms with Crippen LogP contribution in [0.15, 0.2) is 103 Å². The Morgan fingerprint density at radius 1 is 0.846 bits per heavy atom. The van der Waals surface area contributed by atoms with E-state index in [0.29, 0.717) is 18.0 Å². The minimum Gasteiger partial charge on any atom is -0.484 e. The molecule has 0 fully saturated rings. The largest absolute Gasteiger partial charge is 0.484 e. The van der Waals surface area contributed by atoms with E-state index in [1.54, 1.807) is 23.1 Å². The van der Waals surface area contributed by atoms with Crippen LogP contribution < -0.4 is 15.4 Å². The van der Waals surface area contributed by atoms with Crippen LogP contribution in [0.3, 0.4) is 0 Å². The van der Waals surface area contributed by atoms with Crippen molar-refractivity contribution < 1.29 is 19.2 Å². The molecule has 4 aromatic rings. The Balaban J connectivity index is 1.64. The average molecular weight is 523 g/mol. The second-order valence-electron chi connectivity index (χ2n) is 9.19. The Labute approximate surface area is 225 Å². The first-order valence-electron chi connectivity index (χ1n) is 12.4. The Kier molecular flexibility index (Phi) is 7.22. The lowest BCUT2D eigenvalue weighted by molar-refractivity contribution is -0.384. The summed E-state index contributed by atoms with van der Waals surface area (Å²) in [5, 5.41) is 11.6. The van der Waals surface area contributed by atoms with Crippen molar-refractivity contribution in [1.82, 2.24) is 4.90 Å². The highest BCUT2D eigenvalue weighted by atomic mass is 16.6. The number of carbonyl (C=O) groups excluding carboxylic acids is 2. The fourth-order valence-electron chi connectivity index (χ4n) is 4.77. The van der Waals surface area contributed by atoms with E-state index in [9.17, 15) is 19.7 Å². The topological polar surface area (TPSA) is 119 Å². The van der Waals surface area contributed by atoms with Crippen LogP contribution >= 0.6 is 0 Å². The van der Waals surface area contributed by atoms with E-state index in [0.717, 1.165) is 16.7 Å². The summed E-state index contributed by atoms with van der Waals surface area (Å²) >= 11 is 0. The summed E-state index contributed by atoms with van der Waals surface area (Å²) in [5.74, 6) is -0.411. The van der Waals surface area contributed by atoms with E-state index >= 15 is 0 Å². The molecule has 1 atom stereocenters. The number of ether oxygens (including phenoxy) is 1. The minimum absolute atomic E-state index is 0.143. The van der Waals surface area contributed by atoms with E-state index in [1.807, 2.05) is 72.8 Å². The van der Waals surface area contributed by atoms with Crippen LogP contribution in [0.5, 0.6) is 5.75 Å². The second-order valence-corrected chi connectivity index (χ2v) is 9.19. The molecule has 1 aliphatic heterocycles. The van der Waals surface area contributed by atoms with Gasteiger partial charge in [0, 0.05) is 25.2 Å². The zero-order chi connectivity index (χ0) is 27.4. The predicted molar refractivity (Wildman–Crippen MR) is 146 cm³/mol. The maximum Gasteiger partial charge on any atom is 0.270 e. The van der Waals surface area contributed by atoms with Crippen molar-refractivity contribution in [2.45, 2.75) is 19.3 Å². The third-order valence-corrected chi connectivity index (χ3v) is 6.53. The number of carbonyl (C=O) groups is 2. The normalized spacial score (nSPS) is 14.6. The predicted octanol–water partition coefficient (Wildman–Crippen LogP) is 4.82. The highest BCUT2D eigenvalue weighted by Gasteiger charge is 2.39. The number of rotatable bonds is 9. The maximum absolute atomic E-state index is 14.0. The van der Waals surface area contributed by atoms with Gasteiger partial charge in [0.25, 0.3) is 17.5 Å². The van der Waals surface area contributed by atoms with E-state index in [-0.39, 0.29) is 30.3 Å². The van der Waals surface area contributed by atoms with Gasteiger partial charge in [0.2, 0.25) is 0 Å². The van der Waals surface area contributed by atoms with Crippen LogP contribution in [-0.2, 0) is 17.9 Å². The number of nitro groups is 1. The lowest BCUT2D eigenvalue weighted by Gasteiger charge is -2.46. The molecule has 9 heteroatoms. The molecule has 2 amide bonds. The van der Waals surface area contributed by atoms with Gasteiger partial charge in [-0.05, 0) is 34.9 Å². The van der Waals surface area contributed by atoms with Crippen LogP contribution in [0.4, 0.5) is 11.4 Å². The molecule has 0 aliphatic carbocycles. The molecular formula is C30H26N4O5. The summed E-state index contributed by atoms with van der Waals surface area (Å²) in [6.45, 7) is 0.500. The van der Waals surface area contributed by atoms with Gasteiger partial charge in [0.05, 0.1) is 16.2 Å². The van der Waals surface area contributed by atoms with E-state index in [2.05, 4.69) is 4.90 Å². The lowest BCUT2D eigenvalue weighted by Crippen LogP contribution is -2.48. The summed E-state index contributed by atoms with van der Waals surface area (Å²) in [6, 6.07) is 31.0. The maximum atomic E-state index is 14.0. The summed E-state index contributed by atoms with van der Waals surface area (Å²) in [4.78, 5) is 40.1. The number of nitrogens with two attached hydrogens (primary N) is 1. The first-order valence-corrected chi connectivity index (χ1v) is 12.4. The molecule has 0 unspecified atom stereocenters. The first kappa shape index (κ1) is 25.5. The highest BCUT2D eigenvalue weighted by molar-refractivity contribution is 6.02. The zero-order valence-electron chi connectivity index (χ0n) is 21.0. The van der Waals surface area contributed by atoms with Crippen molar-refractivity contribution in [3.8, 4) is 5.75 Å². The third-order valence-electron chi connectivity index (χ3n) is 6.53. The zero-order valence-corrected chi connectivity index (χ0v) is 21.0. The van der Waals surface area contributed by atoms with Gasteiger partial charge in [0.15, 0.2) is 6.61 Å². The summed E-state index contributed by atoms with van der Waals surface area (Å²) in [5.41, 5.74) is 8.69. The van der Waals surface area contributed by atoms with Crippen molar-refractivity contribution >= 4 is 23.2 Å². The fraction of sp³-hybridized carbons (Fsp3) is 0.133. The van der Waals surface area contributed by atoms with Gasteiger partial charge in [-0.2, -0.15) is 0 Å². The van der Waals surface area contributed by atoms with Gasteiger partial charge in [-0.25, -0.2) is 0 Å². The van der Waals surface area contributed by atoms with Crippen LogP contribution in [0.25, 0.3) is 0 Å². The molecule has 5 rings (SSSR count). The van der Waals surface area contributed by atoms with Crippen LogP contribution in [0.2, 0.25) is 0 Å². The van der Waals surface area contributed by atoms with Crippen LogP contribution in [0, 0.1) is 10.1 Å². The first-order chi connectivity index (χ1) is 18.9. The number of anilines is 1. The number of amides is 2. The molecule has 0 spiro atoms. The van der Waals surface area contributed by atoms with Gasteiger partial charge in [-0.15, -0.1) is 0 Å². The smallest absolute Gasteiger partial charge is 0.270 e. The Morgan fingerprint density at radius 3 is 2.00 bits per heavy atom. The lowest BCUT2D eigenvalue weighted by atomic mass is 9.98. The fourth-order valence-corrected chi connectivity index (χ4v) is 4.77. The Bertz CT molecular complexity index is 1490.